The first-order valence-corrected chi connectivity index (χ1v) is 13.3. The van der Waals surface area contributed by atoms with Gasteiger partial charge in [-0.1, -0.05) is 17.8 Å². The van der Waals surface area contributed by atoms with E-state index in [-0.39, 0.29) is 35.7 Å². The molecule has 1 unspecified atom stereocenters. The van der Waals surface area contributed by atoms with Crippen molar-refractivity contribution in [3.8, 4) is 0 Å². The molecular weight excluding hydrogens is 460 g/mol. The number of nitrogens with one attached hydrogen (secondary N) is 1. The second-order valence-electron chi connectivity index (χ2n) is 7.02. The number of anilines is 1. The van der Waals surface area contributed by atoms with E-state index in [4.69, 9.17) is 4.74 Å². The Hall–Kier alpha value is -2.18. The molecule has 31 heavy (non-hydrogen) atoms. The number of aryl methyl sites for hydroxylation is 1. The number of thiophene rings is 1. The quantitative estimate of drug-likeness (QED) is 0.328. The maximum atomic E-state index is 12.4. The van der Waals surface area contributed by atoms with E-state index in [1.807, 2.05) is 4.57 Å². The third-order valence-corrected chi connectivity index (χ3v) is 8.50. The third kappa shape index (κ3) is 5.74. The summed E-state index contributed by atoms with van der Waals surface area (Å²) in [6.07, 6.45) is 2.20. The van der Waals surface area contributed by atoms with Gasteiger partial charge in [-0.3, -0.25) is 4.79 Å². The first kappa shape index (κ1) is 23.5. The molecule has 1 aliphatic rings. The topological polar surface area (TPSA) is 120 Å². The average Bonchev–Trinajstić information content (AvgIpc) is 3.37. The summed E-state index contributed by atoms with van der Waals surface area (Å²) in [5, 5.41) is 12.2. The molecule has 12 heteroatoms. The van der Waals surface area contributed by atoms with Crippen molar-refractivity contribution in [2.75, 3.05) is 29.2 Å². The molecule has 1 saturated heterocycles. The highest BCUT2D eigenvalue weighted by Gasteiger charge is 2.33. The number of nitrogens with zero attached hydrogens (tertiary/aromatic N) is 3. The fraction of sp³-hybridized carbons (Fsp3) is 0.474. The van der Waals surface area contributed by atoms with E-state index in [2.05, 4.69) is 22.1 Å². The van der Waals surface area contributed by atoms with Gasteiger partial charge in [0.25, 0.3) is 0 Å². The Bertz CT molecular complexity index is 1090. The molecule has 1 N–H and O–H groups in total. The predicted octanol–water partition coefficient (Wildman–Crippen LogP) is 2.64. The van der Waals surface area contributed by atoms with E-state index in [0.717, 1.165) is 5.56 Å². The van der Waals surface area contributed by atoms with Crippen molar-refractivity contribution in [3.05, 3.63) is 35.0 Å². The van der Waals surface area contributed by atoms with Gasteiger partial charge in [0.2, 0.25) is 5.91 Å². The fourth-order valence-electron chi connectivity index (χ4n) is 3.25. The number of sulfone groups is 1. The Morgan fingerprint density at radius 3 is 2.87 bits per heavy atom. The second kappa shape index (κ2) is 9.96. The van der Waals surface area contributed by atoms with E-state index in [1.165, 1.54) is 23.1 Å². The van der Waals surface area contributed by atoms with Crippen LogP contribution in [0.25, 0.3) is 0 Å². The third-order valence-electron chi connectivity index (χ3n) is 4.63. The number of carbonyl (C=O) groups is 2. The summed E-state index contributed by atoms with van der Waals surface area (Å²) in [4.78, 5) is 24.8. The maximum Gasteiger partial charge on any atom is 0.348 e. The van der Waals surface area contributed by atoms with Crippen molar-refractivity contribution in [2.45, 2.75) is 37.9 Å². The molecule has 0 aromatic carbocycles. The van der Waals surface area contributed by atoms with Crippen LogP contribution in [0.1, 0.15) is 40.3 Å². The summed E-state index contributed by atoms with van der Waals surface area (Å²) in [7, 11) is -3.05. The van der Waals surface area contributed by atoms with Gasteiger partial charge in [0.1, 0.15) is 10.7 Å². The SMILES string of the molecule is C=CCn1c(SCC(=O)Nc2cc(C)c(C(=O)OCC)s2)nnc1C1CCS(=O)(=O)C1. The van der Waals surface area contributed by atoms with Crippen molar-refractivity contribution in [1.29, 1.82) is 0 Å². The van der Waals surface area contributed by atoms with Gasteiger partial charge in [-0.05, 0) is 31.9 Å². The zero-order valence-corrected chi connectivity index (χ0v) is 19.7. The van der Waals surface area contributed by atoms with Crippen LogP contribution in [0.5, 0.6) is 0 Å². The number of hydrogen-bond donors (Lipinski definition) is 1. The Labute approximate surface area is 189 Å². The van der Waals surface area contributed by atoms with Crippen molar-refractivity contribution in [3.63, 3.8) is 0 Å². The molecule has 0 aliphatic carbocycles. The van der Waals surface area contributed by atoms with Crippen LogP contribution in [0, 0.1) is 6.92 Å². The van der Waals surface area contributed by atoms with Gasteiger partial charge >= 0.3 is 5.97 Å². The molecule has 9 nitrogen and oxygen atoms in total. The van der Waals surface area contributed by atoms with Crippen molar-refractivity contribution < 1.29 is 22.7 Å². The highest BCUT2D eigenvalue weighted by atomic mass is 32.2. The summed E-state index contributed by atoms with van der Waals surface area (Å²) in [6.45, 7) is 7.98. The molecule has 0 saturated carbocycles. The van der Waals surface area contributed by atoms with Crippen LogP contribution in [-0.4, -0.2) is 58.9 Å². The first-order chi connectivity index (χ1) is 14.7. The number of allylic oxidation sites excluding steroid dienone is 1. The fourth-order valence-corrected chi connectivity index (χ4v) is 6.73. The second-order valence-corrected chi connectivity index (χ2v) is 11.2. The molecule has 2 aromatic rings. The molecular formula is C19H24N4O5S3. The van der Waals surface area contributed by atoms with Gasteiger partial charge in [0, 0.05) is 12.5 Å². The molecule has 3 rings (SSSR count). The predicted molar refractivity (Wildman–Crippen MR) is 121 cm³/mol. The number of carbonyl (C=O) groups excluding carboxylic acids is 2. The van der Waals surface area contributed by atoms with Crippen molar-refractivity contribution in [2.24, 2.45) is 0 Å². The number of aromatic nitrogens is 3. The maximum absolute atomic E-state index is 12.4. The number of esters is 1. The van der Waals surface area contributed by atoms with Gasteiger partial charge in [-0.25, -0.2) is 13.2 Å². The van der Waals surface area contributed by atoms with E-state index >= 15 is 0 Å². The number of ether oxygens (including phenoxy) is 1. The van der Waals surface area contributed by atoms with Crippen LogP contribution in [0.2, 0.25) is 0 Å². The van der Waals surface area contributed by atoms with E-state index in [0.29, 0.717) is 33.8 Å². The highest BCUT2D eigenvalue weighted by molar-refractivity contribution is 7.99. The molecule has 0 bridgehead atoms. The number of rotatable bonds is 9. The molecule has 1 amide bonds. The van der Waals surface area contributed by atoms with E-state index in [1.54, 1.807) is 26.0 Å². The normalized spacial score (nSPS) is 17.4. The Morgan fingerprint density at radius 2 is 2.23 bits per heavy atom. The van der Waals surface area contributed by atoms with Crippen molar-refractivity contribution >= 4 is 49.8 Å². The summed E-state index contributed by atoms with van der Waals surface area (Å²) in [5.41, 5.74) is 0.744. The molecule has 1 fully saturated rings. The highest BCUT2D eigenvalue weighted by Crippen LogP contribution is 2.31. The van der Waals surface area contributed by atoms with Crippen LogP contribution in [0.4, 0.5) is 5.00 Å². The Morgan fingerprint density at radius 1 is 1.45 bits per heavy atom. The summed E-state index contributed by atoms with van der Waals surface area (Å²) in [5.74, 6) is 0.0570. The Balaban J connectivity index is 1.65. The lowest BCUT2D eigenvalue weighted by atomic mass is 10.1. The molecule has 3 heterocycles. The van der Waals surface area contributed by atoms with Gasteiger partial charge in [0.05, 0.1) is 28.9 Å². The largest absolute Gasteiger partial charge is 0.462 e. The van der Waals surface area contributed by atoms with Gasteiger partial charge in [-0.15, -0.1) is 28.1 Å². The van der Waals surface area contributed by atoms with Gasteiger partial charge in [0.15, 0.2) is 15.0 Å². The zero-order chi connectivity index (χ0) is 22.6. The lowest BCUT2D eigenvalue weighted by molar-refractivity contribution is -0.113. The summed E-state index contributed by atoms with van der Waals surface area (Å²) in [6, 6.07) is 1.73. The summed E-state index contributed by atoms with van der Waals surface area (Å²) < 4.78 is 30.5. The molecule has 0 radical (unpaired) electrons. The number of hydrogen-bond acceptors (Lipinski definition) is 9. The first-order valence-electron chi connectivity index (χ1n) is 9.68. The monoisotopic (exact) mass is 484 g/mol. The van der Waals surface area contributed by atoms with Crippen LogP contribution >= 0.6 is 23.1 Å². The van der Waals surface area contributed by atoms with Gasteiger partial charge in [-0.2, -0.15) is 0 Å². The molecule has 0 spiro atoms. The number of thioether (sulfide) groups is 1. The lowest BCUT2D eigenvalue weighted by Crippen LogP contribution is -2.14. The Kier molecular flexibility index (Phi) is 7.55. The van der Waals surface area contributed by atoms with Crippen LogP contribution in [0.15, 0.2) is 23.9 Å². The number of amides is 1. The van der Waals surface area contributed by atoms with Gasteiger partial charge < -0.3 is 14.6 Å². The molecule has 1 atom stereocenters. The minimum absolute atomic E-state index is 0.0634. The molecule has 168 valence electrons. The van der Waals surface area contributed by atoms with Crippen LogP contribution in [-0.2, 0) is 25.9 Å². The van der Waals surface area contributed by atoms with Crippen LogP contribution in [0.3, 0.4) is 0 Å². The zero-order valence-electron chi connectivity index (χ0n) is 17.3. The van der Waals surface area contributed by atoms with Crippen LogP contribution < -0.4 is 5.32 Å². The lowest BCUT2D eigenvalue weighted by Gasteiger charge is -2.11. The minimum atomic E-state index is -3.05. The van der Waals surface area contributed by atoms with E-state index in [9.17, 15) is 18.0 Å². The minimum Gasteiger partial charge on any atom is -0.462 e. The molecule has 2 aromatic heterocycles. The smallest absolute Gasteiger partial charge is 0.348 e. The van der Waals surface area contributed by atoms with E-state index < -0.39 is 15.8 Å². The summed E-state index contributed by atoms with van der Waals surface area (Å²) >= 11 is 2.38. The standard InChI is InChI=1S/C19H24N4O5S3/c1-4-7-23-17(13-6-8-31(26,27)11-13)21-22-19(23)29-10-14(24)20-15-9-12(3)16(30-15)18(25)28-5-2/h4,9,13H,1,5-8,10-11H2,2-3H3,(H,20,24). The average molecular weight is 485 g/mol. The van der Waals surface area contributed by atoms with Crippen molar-refractivity contribution in [1.82, 2.24) is 14.8 Å². The molecule has 1 aliphatic heterocycles.